The van der Waals surface area contributed by atoms with Crippen LogP contribution in [0.2, 0.25) is 0 Å². The molecule has 0 radical (unpaired) electrons. The molecule has 1 aliphatic rings. The van der Waals surface area contributed by atoms with E-state index in [0.29, 0.717) is 6.54 Å². The number of amides is 2. The molecule has 1 aliphatic heterocycles. The molecule has 0 aliphatic carbocycles. The molecule has 1 saturated heterocycles. The van der Waals surface area contributed by atoms with Crippen molar-refractivity contribution in [3.63, 3.8) is 0 Å². The van der Waals surface area contributed by atoms with Gasteiger partial charge >= 0.3 is 6.09 Å². The monoisotopic (exact) mass is 428 g/mol. The second kappa shape index (κ2) is 9.92. The topological polar surface area (TPSA) is 67.9 Å². The second-order valence-electron chi connectivity index (χ2n) is 7.14. The van der Waals surface area contributed by atoms with Gasteiger partial charge in [-0.1, -0.05) is 28.9 Å². The van der Waals surface area contributed by atoms with E-state index in [1.165, 1.54) is 10.5 Å². The Morgan fingerprint density at radius 1 is 1.31 bits per heavy atom. The van der Waals surface area contributed by atoms with Gasteiger partial charge in [-0.2, -0.15) is 0 Å². The summed E-state index contributed by atoms with van der Waals surface area (Å²) >= 11 is 3.50. The first-order chi connectivity index (χ1) is 12.1. The normalized spacial score (nSPS) is 17.1. The van der Waals surface area contributed by atoms with Crippen LogP contribution in [-0.4, -0.2) is 49.8 Å². The number of rotatable bonds is 2. The SMILES string of the molecule is CCc1cc(Br)cc(C2CN(C(=O)OC(C)(C)C)CC(=O)N2)c1.COC. The third-order valence-corrected chi connectivity index (χ3v) is 3.97. The standard InChI is InChI=1S/C17H23BrN2O3.C2H6O/c1-5-11-6-12(8-13(18)7-11)14-9-20(10-15(21)19-14)16(22)23-17(2,3)4;1-3-2/h6-8,14H,5,9-10H2,1-4H3,(H,19,21);1-2H3. The minimum atomic E-state index is -0.578. The van der Waals surface area contributed by atoms with Gasteiger partial charge in [-0.25, -0.2) is 4.79 Å². The van der Waals surface area contributed by atoms with Crippen LogP contribution >= 0.6 is 15.9 Å². The van der Waals surface area contributed by atoms with Crippen molar-refractivity contribution >= 4 is 27.9 Å². The second-order valence-corrected chi connectivity index (χ2v) is 8.05. The predicted octanol–water partition coefficient (Wildman–Crippen LogP) is 3.68. The Labute approximate surface area is 164 Å². The van der Waals surface area contributed by atoms with Crippen LogP contribution in [0, 0.1) is 0 Å². The number of nitrogens with one attached hydrogen (secondary N) is 1. The molecule has 1 aromatic carbocycles. The maximum atomic E-state index is 12.2. The van der Waals surface area contributed by atoms with E-state index >= 15 is 0 Å². The molecule has 1 fully saturated rings. The molecule has 0 aromatic heterocycles. The van der Waals surface area contributed by atoms with E-state index in [4.69, 9.17) is 4.74 Å². The van der Waals surface area contributed by atoms with Gasteiger partial charge in [0.05, 0.1) is 6.04 Å². The van der Waals surface area contributed by atoms with Crippen LogP contribution in [-0.2, 0) is 20.7 Å². The van der Waals surface area contributed by atoms with E-state index in [-0.39, 0.29) is 18.5 Å². The smallest absolute Gasteiger partial charge is 0.410 e. The summed E-state index contributed by atoms with van der Waals surface area (Å²) in [4.78, 5) is 25.7. The molecule has 2 amide bonds. The predicted molar refractivity (Wildman–Crippen MR) is 105 cm³/mol. The number of nitrogens with zero attached hydrogens (tertiary/aromatic N) is 1. The first-order valence-corrected chi connectivity index (χ1v) is 9.35. The van der Waals surface area contributed by atoms with Crippen molar-refractivity contribution in [1.29, 1.82) is 0 Å². The van der Waals surface area contributed by atoms with E-state index < -0.39 is 11.7 Å². The molecular weight excluding hydrogens is 400 g/mol. The number of hydrogen-bond acceptors (Lipinski definition) is 4. The van der Waals surface area contributed by atoms with Crippen LogP contribution in [0.15, 0.2) is 22.7 Å². The number of carbonyl (C=O) groups is 2. The number of methoxy groups -OCH3 is 1. The number of benzene rings is 1. The van der Waals surface area contributed by atoms with Crippen molar-refractivity contribution in [3.8, 4) is 0 Å². The number of hydrogen-bond donors (Lipinski definition) is 1. The first-order valence-electron chi connectivity index (χ1n) is 8.56. The molecule has 1 heterocycles. The zero-order chi connectivity index (χ0) is 19.9. The first kappa shape index (κ1) is 22.4. The van der Waals surface area contributed by atoms with Gasteiger partial charge < -0.3 is 14.8 Å². The fraction of sp³-hybridized carbons (Fsp3) is 0.579. The summed E-state index contributed by atoms with van der Waals surface area (Å²) in [6.07, 6.45) is 0.450. The van der Waals surface area contributed by atoms with Crippen LogP contribution in [0.1, 0.15) is 44.9 Å². The Balaban J connectivity index is 0.00000105. The summed E-state index contributed by atoms with van der Waals surface area (Å²) in [7, 11) is 3.25. The van der Waals surface area contributed by atoms with Gasteiger partial charge in [0.2, 0.25) is 5.91 Å². The summed E-state index contributed by atoms with van der Waals surface area (Å²) in [6.45, 7) is 7.95. The average Bonchev–Trinajstić information content (AvgIpc) is 2.52. The molecule has 7 heteroatoms. The quantitative estimate of drug-likeness (QED) is 0.779. The van der Waals surface area contributed by atoms with E-state index in [2.05, 4.69) is 45.0 Å². The number of carbonyl (C=O) groups excluding carboxylic acids is 2. The lowest BCUT2D eigenvalue weighted by Crippen LogP contribution is -2.52. The number of halogens is 1. The maximum Gasteiger partial charge on any atom is 0.410 e. The van der Waals surface area contributed by atoms with Gasteiger partial charge in [-0.3, -0.25) is 9.69 Å². The molecule has 146 valence electrons. The van der Waals surface area contributed by atoms with Crippen molar-refractivity contribution in [1.82, 2.24) is 10.2 Å². The average molecular weight is 429 g/mol. The Bertz CT molecular complexity index is 628. The van der Waals surface area contributed by atoms with E-state index in [1.54, 1.807) is 14.2 Å². The molecule has 6 nitrogen and oxygen atoms in total. The number of ether oxygens (including phenoxy) is 2. The molecule has 2 rings (SSSR count). The molecule has 1 atom stereocenters. The molecule has 0 spiro atoms. The van der Waals surface area contributed by atoms with Crippen molar-refractivity contribution in [2.45, 2.75) is 45.8 Å². The van der Waals surface area contributed by atoms with E-state index in [9.17, 15) is 9.59 Å². The zero-order valence-electron chi connectivity index (χ0n) is 16.4. The summed E-state index contributed by atoms with van der Waals surface area (Å²) < 4.78 is 10.6. The molecule has 1 aromatic rings. The summed E-state index contributed by atoms with van der Waals surface area (Å²) in [5.74, 6) is -0.176. The highest BCUT2D eigenvalue weighted by Crippen LogP contribution is 2.24. The largest absolute Gasteiger partial charge is 0.444 e. The summed E-state index contributed by atoms with van der Waals surface area (Å²) in [6, 6.07) is 5.86. The van der Waals surface area contributed by atoms with Crippen LogP contribution in [0.5, 0.6) is 0 Å². The minimum absolute atomic E-state index is 0.0278. The Hall–Kier alpha value is -1.60. The van der Waals surface area contributed by atoms with Crippen LogP contribution < -0.4 is 5.32 Å². The zero-order valence-corrected chi connectivity index (χ0v) is 18.0. The van der Waals surface area contributed by atoms with E-state index in [0.717, 1.165) is 16.5 Å². The Morgan fingerprint density at radius 3 is 2.46 bits per heavy atom. The van der Waals surface area contributed by atoms with Crippen molar-refractivity contribution in [3.05, 3.63) is 33.8 Å². The van der Waals surface area contributed by atoms with Gasteiger partial charge in [0.15, 0.2) is 0 Å². The molecule has 1 N–H and O–H groups in total. The highest BCUT2D eigenvalue weighted by atomic mass is 79.9. The molecule has 26 heavy (non-hydrogen) atoms. The van der Waals surface area contributed by atoms with Gasteiger partial charge in [-0.15, -0.1) is 0 Å². The molecular formula is C19H29BrN2O4. The lowest BCUT2D eigenvalue weighted by molar-refractivity contribution is -0.125. The summed E-state index contributed by atoms with van der Waals surface area (Å²) in [5, 5.41) is 2.95. The molecule has 0 bridgehead atoms. The van der Waals surface area contributed by atoms with Gasteiger partial charge in [0, 0.05) is 25.2 Å². The lowest BCUT2D eigenvalue weighted by Gasteiger charge is -2.34. The van der Waals surface area contributed by atoms with Gasteiger partial charge in [0.25, 0.3) is 0 Å². The third-order valence-electron chi connectivity index (χ3n) is 3.51. The van der Waals surface area contributed by atoms with Crippen LogP contribution in [0.3, 0.4) is 0 Å². The van der Waals surface area contributed by atoms with Gasteiger partial charge in [-0.05, 0) is 50.5 Å². The third kappa shape index (κ3) is 7.33. The van der Waals surface area contributed by atoms with Crippen molar-refractivity contribution in [2.75, 3.05) is 27.3 Å². The molecule has 1 unspecified atom stereocenters. The fourth-order valence-corrected chi connectivity index (χ4v) is 3.04. The van der Waals surface area contributed by atoms with Gasteiger partial charge in [0.1, 0.15) is 12.1 Å². The van der Waals surface area contributed by atoms with Crippen molar-refractivity contribution in [2.24, 2.45) is 0 Å². The summed E-state index contributed by atoms with van der Waals surface area (Å²) in [5.41, 5.74) is 1.59. The minimum Gasteiger partial charge on any atom is -0.444 e. The van der Waals surface area contributed by atoms with Crippen LogP contribution in [0.4, 0.5) is 4.79 Å². The lowest BCUT2D eigenvalue weighted by atomic mass is 10.0. The highest BCUT2D eigenvalue weighted by molar-refractivity contribution is 9.10. The van der Waals surface area contributed by atoms with Crippen LogP contribution in [0.25, 0.3) is 0 Å². The number of aryl methyl sites for hydroxylation is 1. The fourth-order valence-electron chi connectivity index (χ4n) is 2.48. The molecule has 0 saturated carbocycles. The Morgan fingerprint density at radius 2 is 1.92 bits per heavy atom. The Kier molecular flexibility index (Phi) is 8.56. The van der Waals surface area contributed by atoms with E-state index in [1.807, 2.05) is 26.8 Å². The highest BCUT2D eigenvalue weighted by Gasteiger charge is 2.31. The maximum absolute atomic E-state index is 12.2. The van der Waals surface area contributed by atoms with Crippen molar-refractivity contribution < 1.29 is 19.1 Å². The number of piperazine rings is 1.